The summed E-state index contributed by atoms with van der Waals surface area (Å²) in [6.07, 6.45) is 13.3. The number of imide groups is 1. The van der Waals surface area contributed by atoms with Gasteiger partial charge in [0.1, 0.15) is 0 Å². The van der Waals surface area contributed by atoms with Crippen LogP contribution in [0.2, 0.25) is 0 Å². The molecule has 2 aliphatic carbocycles. The Morgan fingerprint density at radius 1 is 0.740 bits per heavy atom. The quantitative estimate of drug-likeness (QED) is 0.148. The lowest BCUT2D eigenvalue weighted by Gasteiger charge is -2.57. The third-order valence-electron chi connectivity index (χ3n) is 12.6. The molecule has 50 heavy (non-hydrogen) atoms. The highest BCUT2D eigenvalue weighted by atomic mass is 16.2. The van der Waals surface area contributed by atoms with Gasteiger partial charge in [0.15, 0.2) is 11.6 Å². The number of rotatable bonds is 11. The van der Waals surface area contributed by atoms with Gasteiger partial charge >= 0.3 is 0 Å². The van der Waals surface area contributed by atoms with Crippen LogP contribution in [0.5, 0.6) is 0 Å². The molecule has 4 aliphatic rings. The molecule has 2 aliphatic heterocycles. The van der Waals surface area contributed by atoms with Crippen LogP contribution in [-0.2, 0) is 16.1 Å². The smallest absolute Gasteiger partial charge is 0.261 e. The zero-order chi connectivity index (χ0) is 35.6. The second kappa shape index (κ2) is 14.9. The topological polar surface area (TPSA) is 104 Å². The lowest BCUT2D eigenvalue weighted by atomic mass is 9.69. The summed E-state index contributed by atoms with van der Waals surface area (Å²) in [6.45, 7) is 8.13. The molecule has 2 heterocycles. The minimum atomic E-state index is -0.910. The van der Waals surface area contributed by atoms with E-state index < -0.39 is 11.1 Å². The molecule has 8 nitrogen and oxygen atoms in total. The van der Waals surface area contributed by atoms with E-state index in [1.165, 1.54) is 17.7 Å². The maximum absolute atomic E-state index is 14.9. The van der Waals surface area contributed by atoms with Crippen molar-refractivity contribution in [2.75, 3.05) is 0 Å². The Morgan fingerprint density at radius 2 is 1.32 bits per heavy atom. The second-order valence-electron chi connectivity index (χ2n) is 15.7. The number of ketones is 2. The standard InChI is InChI=1S/C42H55N3O5/c1-5-41(3,36(46)29-25-23-28(24-26-29)27-44-38(48)30-17-15-16-18-31(30)39(44)49)43-34-21-13-9-7-11-19-32(34)37(47)42(4,6-2)45-35-22-14-10-8-12-20-33(35)40(45)50/h15-18,23-26,32-35,43H,5-14,19-22,27H2,1-4H3/t32-,33-,34+,35+,41?,42?/m1/s1. The van der Waals surface area contributed by atoms with Crippen molar-refractivity contribution in [3.05, 3.63) is 70.8 Å². The second-order valence-corrected chi connectivity index (χ2v) is 15.7. The summed E-state index contributed by atoms with van der Waals surface area (Å²) in [4.78, 5) is 71.9. The average molecular weight is 682 g/mol. The van der Waals surface area contributed by atoms with Crippen LogP contribution >= 0.6 is 0 Å². The largest absolute Gasteiger partial charge is 0.326 e. The molecule has 1 saturated heterocycles. The molecule has 2 unspecified atom stereocenters. The summed E-state index contributed by atoms with van der Waals surface area (Å²) in [5, 5.41) is 3.76. The van der Waals surface area contributed by atoms with E-state index in [1.807, 2.05) is 44.7 Å². The maximum Gasteiger partial charge on any atom is 0.261 e. The fourth-order valence-corrected chi connectivity index (χ4v) is 9.15. The summed E-state index contributed by atoms with van der Waals surface area (Å²) in [5.41, 5.74) is 0.371. The molecule has 3 fully saturated rings. The first-order valence-corrected chi connectivity index (χ1v) is 19.3. The van der Waals surface area contributed by atoms with Crippen LogP contribution in [0.3, 0.4) is 0 Å². The van der Waals surface area contributed by atoms with Crippen LogP contribution in [0, 0.1) is 11.8 Å². The SMILES string of the molecule is CCC(C)(N[C@H]1CCCCCC[C@H]1C(=O)C(C)(CC)N1C(=O)[C@@H]2CCCCCC[C@@H]21)C(=O)c1ccc(CN2C(=O)c3ccccc3C2=O)cc1. The Hall–Kier alpha value is -3.65. The highest BCUT2D eigenvalue weighted by Gasteiger charge is 2.57. The fourth-order valence-electron chi connectivity index (χ4n) is 9.15. The molecule has 0 spiro atoms. The van der Waals surface area contributed by atoms with Crippen molar-refractivity contribution < 1.29 is 24.0 Å². The molecule has 0 aromatic heterocycles. The molecule has 0 radical (unpaired) electrons. The zero-order valence-corrected chi connectivity index (χ0v) is 30.5. The number of hydrogen-bond donors (Lipinski definition) is 1. The van der Waals surface area contributed by atoms with Crippen LogP contribution < -0.4 is 5.32 Å². The van der Waals surface area contributed by atoms with Gasteiger partial charge in [-0.2, -0.15) is 0 Å². The Labute approximate surface area is 297 Å². The van der Waals surface area contributed by atoms with Gasteiger partial charge in [-0.1, -0.05) is 102 Å². The summed E-state index contributed by atoms with van der Waals surface area (Å²) >= 11 is 0. The predicted molar refractivity (Wildman–Crippen MR) is 194 cm³/mol. The lowest BCUT2D eigenvalue weighted by Crippen LogP contribution is -2.72. The lowest BCUT2D eigenvalue weighted by molar-refractivity contribution is -0.176. The number of benzene rings is 2. The number of fused-ring (bicyclic) bond motifs is 2. The summed E-state index contributed by atoms with van der Waals surface area (Å²) in [7, 11) is 0. The molecule has 0 bridgehead atoms. The van der Waals surface area contributed by atoms with Crippen molar-refractivity contribution in [2.45, 2.75) is 147 Å². The number of likely N-dealkylation sites (tertiary alicyclic amines) is 1. The van der Waals surface area contributed by atoms with Crippen LogP contribution in [-0.4, -0.2) is 62.2 Å². The molecular weight excluding hydrogens is 626 g/mol. The minimum Gasteiger partial charge on any atom is -0.326 e. The molecular formula is C42H55N3O5. The molecule has 1 N–H and O–H groups in total. The van der Waals surface area contributed by atoms with E-state index in [0.29, 0.717) is 29.5 Å². The zero-order valence-electron chi connectivity index (χ0n) is 30.5. The molecule has 2 aromatic rings. The van der Waals surface area contributed by atoms with Crippen LogP contribution in [0.4, 0.5) is 0 Å². The molecule has 268 valence electrons. The van der Waals surface area contributed by atoms with E-state index in [4.69, 9.17) is 0 Å². The van der Waals surface area contributed by atoms with E-state index in [1.54, 1.807) is 36.4 Å². The number of β-lactam (4-membered cyclic amide) rings is 1. The van der Waals surface area contributed by atoms with Crippen molar-refractivity contribution >= 4 is 29.3 Å². The summed E-state index contributed by atoms with van der Waals surface area (Å²) < 4.78 is 0. The number of nitrogens with one attached hydrogen (secondary N) is 1. The van der Waals surface area contributed by atoms with Gasteiger partial charge in [0.25, 0.3) is 11.8 Å². The normalized spacial score (nSPS) is 26.7. The first-order valence-electron chi connectivity index (χ1n) is 19.3. The van der Waals surface area contributed by atoms with E-state index in [-0.39, 0.29) is 59.8 Å². The number of carbonyl (C=O) groups excluding carboxylic acids is 5. The Bertz CT molecular complexity index is 1580. The number of amides is 3. The van der Waals surface area contributed by atoms with Gasteiger partial charge < -0.3 is 10.2 Å². The van der Waals surface area contributed by atoms with Gasteiger partial charge in [0.05, 0.1) is 34.7 Å². The Balaban J connectivity index is 1.19. The molecule has 8 heteroatoms. The summed E-state index contributed by atoms with van der Waals surface area (Å²) in [5.74, 6) is -0.588. The van der Waals surface area contributed by atoms with Crippen molar-refractivity contribution in [1.82, 2.24) is 15.1 Å². The van der Waals surface area contributed by atoms with Gasteiger partial charge in [0, 0.05) is 23.6 Å². The van der Waals surface area contributed by atoms with E-state index in [2.05, 4.69) is 5.32 Å². The van der Waals surface area contributed by atoms with E-state index in [0.717, 1.165) is 69.8 Å². The molecule has 6 atom stereocenters. The van der Waals surface area contributed by atoms with Gasteiger partial charge in [-0.15, -0.1) is 0 Å². The van der Waals surface area contributed by atoms with Gasteiger partial charge in [-0.05, 0) is 70.1 Å². The predicted octanol–water partition coefficient (Wildman–Crippen LogP) is 7.68. The number of nitrogens with zero attached hydrogens (tertiary/aromatic N) is 2. The Morgan fingerprint density at radius 3 is 1.92 bits per heavy atom. The van der Waals surface area contributed by atoms with Gasteiger partial charge in [0.2, 0.25) is 5.91 Å². The highest BCUT2D eigenvalue weighted by molar-refractivity contribution is 6.21. The molecule has 6 rings (SSSR count). The van der Waals surface area contributed by atoms with Crippen molar-refractivity contribution in [2.24, 2.45) is 11.8 Å². The number of hydrogen-bond acceptors (Lipinski definition) is 6. The number of Topliss-reactive ketones (excluding diaryl/α,β-unsaturated/α-hetero) is 2. The third-order valence-corrected chi connectivity index (χ3v) is 12.6. The first-order chi connectivity index (χ1) is 24.0. The minimum absolute atomic E-state index is 0.0472. The highest BCUT2D eigenvalue weighted by Crippen LogP contribution is 2.44. The summed E-state index contributed by atoms with van der Waals surface area (Å²) in [6, 6.07) is 14.0. The van der Waals surface area contributed by atoms with Gasteiger partial charge in [-0.3, -0.25) is 28.9 Å². The maximum atomic E-state index is 14.9. The van der Waals surface area contributed by atoms with Gasteiger partial charge in [-0.25, -0.2) is 0 Å². The molecule has 2 aromatic carbocycles. The van der Waals surface area contributed by atoms with Crippen molar-refractivity contribution in [3.8, 4) is 0 Å². The first kappa shape index (κ1) is 36.2. The van der Waals surface area contributed by atoms with E-state index >= 15 is 0 Å². The third kappa shape index (κ3) is 6.60. The van der Waals surface area contributed by atoms with Crippen molar-refractivity contribution in [1.29, 1.82) is 0 Å². The van der Waals surface area contributed by atoms with Crippen molar-refractivity contribution in [3.63, 3.8) is 0 Å². The van der Waals surface area contributed by atoms with Crippen LogP contribution in [0.15, 0.2) is 48.5 Å². The molecule has 2 saturated carbocycles. The van der Waals surface area contributed by atoms with Crippen LogP contribution in [0.25, 0.3) is 0 Å². The number of carbonyl (C=O) groups is 5. The Kier molecular flexibility index (Phi) is 10.8. The average Bonchev–Trinajstić information content (AvgIpc) is 3.34. The monoisotopic (exact) mass is 681 g/mol. The van der Waals surface area contributed by atoms with E-state index in [9.17, 15) is 24.0 Å². The fraction of sp³-hybridized carbons (Fsp3) is 0.595. The van der Waals surface area contributed by atoms with Crippen LogP contribution in [0.1, 0.15) is 154 Å². The molecule has 3 amide bonds.